The average Bonchev–Trinajstić information content (AvgIpc) is 2.85. The molecule has 2 atom stereocenters. The molecule has 1 N–H and O–H groups in total. The number of hydrogen-bond acceptors (Lipinski definition) is 4. The number of esters is 1. The lowest BCUT2D eigenvalue weighted by Gasteiger charge is -2.14. The van der Waals surface area contributed by atoms with Crippen molar-refractivity contribution in [2.24, 2.45) is 0 Å². The van der Waals surface area contributed by atoms with Crippen molar-refractivity contribution in [2.75, 3.05) is 13.7 Å². The van der Waals surface area contributed by atoms with Crippen molar-refractivity contribution < 1.29 is 27.4 Å². The molecule has 4 nitrogen and oxygen atoms in total. The maximum absolute atomic E-state index is 12.4. The molecule has 0 saturated carbocycles. The number of nitrogens with one attached hydrogen (secondary N) is 1. The zero-order valence-electron chi connectivity index (χ0n) is 11.4. The maximum atomic E-state index is 12.4. The van der Waals surface area contributed by atoms with E-state index in [-0.39, 0.29) is 24.5 Å². The molecule has 1 aromatic rings. The number of carbonyl (C=O) groups is 1. The lowest BCUT2D eigenvalue weighted by atomic mass is 10.1. The molecule has 21 heavy (non-hydrogen) atoms. The van der Waals surface area contributed by atoms with Gasteiger partial charge in [-0.1, -0.05) is 0 Å². The minimum Gasteiger partial charge on any atom is -0.489 e. The number of benzene rings is 1. The Labute approximate surface area is 120 Å². The van der Waals surface area contributed by atoms with E-state index in [2.05, 4.69) is 10.1 Å². The molecular weight excluding hydrogens is 287 g/mol. The summed E-state index contributed by atoms with van der Waals surface area (Å²) < 4.78 is 47.5. The van der Waals surface area contributed by atoms with Gasteiger partial charge in [-0.25, -0.2) is 0 Å². The lowest BCUT2D eigenvalue weighted by molar-refractivity contribution is -0.141. The second-order valence-corrected chi connectivity index (χ2v) is 4.88. The summed E-state index contributed by atoms with van der Waals surface area (Å²) in [7, 11) is 1.33. The molecule has 1 aliphatic rings. The molecular formula is C14H16F3NO3. The molecule has 0 radical (unpaired) electrons. The summed E-state index contributed by atoms with van der Waals surface area (Å²) in [5.41, 5.74) is -0.706. The first kappa shape index (κ1) is 15.6. The molecule has 1 aliphatic heterocycles. The van der Waals surface area contributed by atoms with Gasteiger partial charge in [0.2, 0.25) is 0 Å². The van der Waals surface area contributed by atoms with Gasteiger partial charge in [0.15, 0.2) is 0 Å². The number of alkyl halides is 3. The van der Waals surface area contributed by atoms with Crippen molar-refractivity contribution in [2.45, 2.75) is 31.2 Å². The number of halogens is 3. The van der Waals surface area contributed by atoms with Gasteiger partial charge >= 0.3 is 12.1 Å². The summed E-state index contributed by atoms with van der Waals surface area (Å²) in [6.07, 6.45) is -3.66. The van der Waals surface area contributed by atoms with Crippen LogP contribution in [-0.2, 0) is 15.7 Å². The summed E-state index contributed by atoms with van der Waals surface area (Å²) in [6, 6.07) is 4.55. The molecule has 116 valence electrons. The molecule has 0 aromatic heterocycles. The number of rotatable bonds is 4. The third-order valence-electron chi connectivity index (χ3n) is 3.31. The second-order valence-electron chi connectivity index (χ2n) is 4.88. The Kier molecular flexibility index (Phi) is 4.72. The van der Waals surface area contributed by atoms with Gasteiger partial charge in [0.1, 0.15) is 11.9 Å². The van der Waals surface area contributed by atoms with Gasteiger partial charge in [-0.2, -0.15) is 13.2 Å². The van der Waals surface area contributed by atoms with Crippen LogP contribution in [0.3, 0.4) is 0 Å². The first-order valence-corrected chi connectivity index (χ1v) is 6.52. The molecule has 1 heterocycles. The first-order chi connectivity index (χ1) is 9.88. The Balaban J connectivity index is 1.87. The van der Waals surface area contributed by atoms with Gasteiger partial charge in [0.25, 0.3) is 0 Å². The molecule has 7 heteroatoms. The van der Waals surface area contributed by atoms with Crippen molar-refractivity contribution in [3.8, 4) is 5.75 Å². The van der Waals surface area contributed by atoms with Crippen molar-refractivity contribution in [1.29, 1.82) is 0 Å². The van der Waals surface area contributed by atoms with Gasteiger partial charge in [-0.15, -0.1) is 0 Å². The molecule has 1 saturated heterocycles. The molecule has 0 unspecified atom stereocenters. The normalized spacial score (nSPS) is 22.1. The van der Waals surface area contributed by atoms with Crippen molar-refractivity contribution >= 4 is 5.97 Å². The quantitative estimate of drug-likeness (QED) is 0.868. The summed E-state index contributed by atoms with van der Waals surface area (Å²) in [5.74, 6) is 0.0798. The van der Waals surface area contributed by atoms with Crippen LogP contribution >= 0.6 is 0 Å². The zero-order chi connectivity index (χ0) is 15.5. The van der Waals surface area contributed by atoms with Gasteiger partial charge < -0.3 is 14.8 Å². The largest absolute Gasteiger partial charge is 0.489 e. The molecule has 0 bridgehead atoms. The van der Waals surface area contributed by atoms with Crippen molar-refractivity contribution in [3.63, 3.8) is 0 Å². The fourth-order valence-corrected chi connectivity index (χ4v) is 2.23. The molecule has 0 amide bonds. The summed E-state index contributed by atoms with van der Waals surface area (Å²) in [5, 5.41) is 3.12. The van der Waals surface area contributed by atoms with E-state index in [9.17, 15) is 18.0 Å². The maximum Gasteiger partial charge on any atom is 0.416 e. The van der Waals surface area contributed by atoms with E-state index >= 15 is 0 Å². The van der Waals surface area contributed by atoms with Crippen LogP contribution in [0.5, 0.6) is 5.75 Å². The Morgan fingerprint density at radius 1 is 1.33 bits per heavy atom. The first-order valence-electron chi connectivity index (χ1n) is 6.52. The Bertz CT molecular complexity index is 487. The molecule has 2 rings (SSSR count). The molecule has 1 aromatic carbocycles. The number of carbonyl (C=O) groups excluding carboxylic acids is 1. The van der Waals surface area contributed by atoms with E-state index in [1.807, 2.05) is 0 Å². The van der Waals surface area contributed by atoms with Crippen LogP contribution < -0.4 is 10.1 Å². The van der Waals surface area contributed by atoms with Gasteiger partial charge in [0.05, 0.1) is 19.1 Å². The molecule has 1 fully saturated rings. The van der Waals surface area contributed by atoms with Gasteiger partial charge in [0, 0.05) is 19.0 Å². The molecule has 0 spiro atoms. The average molecular weight is 303 g/mol. The number of methoxy groups -OCH3 is 1. The lowest BCUT2D eigenvalue weighted by Crippen LogP contribution is -2.25. The highest BCUT2D eigenvalue weighted by Gasteiger charge is 2.31. The highest BCUT2D eigenvalue weighted by molar-refractivity contribution is 5.69. The topological polar surface area (TPSA) is 47.6 Å². The van der Waals surface area contributed by atoms with Crippen LogP contribution in [0.25, 0.3) is 0 Å². The highest BCUT2D eigenvalue weighted by Crippen LogP contribution is 2.30. The van der Waals surface area contributed by atoms with Crippen molar-refractivity contribution in [1.82, 2.24) is 5.32 Å². The minimum absolute atomic E-state index is 0.0306. The van der Waals surface area contributed by atoms with Crippen LogP contribution in [0.1, 0.15) is 18.4 Å². The zero-order valence-corrected chi connectivity index (χ0v) is 11.4. The third-order valence-corrected chi connectivity index (χ3v) is 3.31. The van der Waals surface area contributed by atoms with E-state index in [1.54, 1.807) is 0 Å². The van der Waals surface area contributed by atoms with Crippen LogP contribution in [0.15, 0.2) is 24.3 Å². The van der Waals surface area contributed by atoms with E-state index < -0.39 is 11.7 Å². The number of ether oxygens (including phenoxy) is 2. The number of hydrogen-bond donors (Lipinski definition) is 1. The fraction of sp³-hybridized carbons (Fsp3) is 0.500. The monoisotopic (exact) mass is 303 g/mol. The van der Waals surface area contributed by atoms with E-state index in [1.165, 1.54) is 19.2 Å². The smallest absolute Gasteiger partial charge is 0.416 e. The Morgan fingerprint density at radius 2 is 2.00 bits per heavy atom. The Hall–Kier alpha value is -1.76. The van der Waals surface area contributed by atoms with E-state index in [0.29, 0.717) is 18.7 Å². The minimum atomic E-state index is -4.35. The predicted molar refractivity (Wildman–Crippen MR) is 68.9 cm³/mol. The van der Waals surface area contributed by atoms with Crippen LogP contribution in [0.2, 0.25) is 0 Å². The van der Waals surface area contributed by atoms with E-state index in [4.69, 9.17) is 4.74 Å². The van der Waals surface area contributed by atoms with E-state index in [0.717, 1.165) is 12.1 Å². The summed E-state index contributed by atoms with van der Waals surface area (Å²) >= 11 is 0. The summed E-state index contributed by atoms with van der Waals surface area (Å²) in [6.45, 7) is 0.544. The molecule has 0 aliphatic carbocycles. The highest BCUT2D eigenvalue weighted by atomic mass is 19.4. The second kappa shape index (κ2) is 6.34. The summed E-state index contributed by atoms with van der Waals surface area (Å²) in [4.78, 5) is 11.2. The van der Waals surface area contributed by atoms with Crippen LogP contribution in [0.4, 0.5) is 13.2 Å². The predicted octanol–water partition coefficient (Wildman–Crippen LogP) is 2.38. The standard InChI is InChI=1S/C14H16F3NO3/c1-20-13(19)7-10-6-12(8-18-10)21-11-4-2-9(3-5-11)14(15,16)17/h2-5,10,12,18H,6-8H2,1H3/t10-,12-/m0/s1. The van der Waals surface area contributed by atoms with Crippen LogP contribution in [-0.4, -0.2) is 31.8 Å². The fourth-order valence-electron chi connectivity index (χ4n) is 2.23. The van der Waals surface area contributed by atoms with Gasteiger partial charge in [-0.05, 0) is 24.3 Å². The third kappa shape index (κ3) is 4.35. The van der Waals surface area contributed by atoms with Gasteiger partial charge in [-0.3, -0.25) is 4.79 Å². The SMILES string of the molecule is COC(=O)C[C@@H]1C[C@H](Oc2ccc(C(F)(F)F)cc2)CN1. The van der Waals surface area contributed by atoms with Crippen LogP contribution in [0, 0.1) is 0 Å². The van der Waals surface area contributed by atoms with Crippen molar-refractivity contribution in [3.05, 3.63) is 29.8 Å². The Morgan fingerprint density at radius 3 is 2.57 bits per heavy atom.